The van der Waals surface area contributed by atoms with Crippen molar-refractivity contribution in [3.63, 3.8) is 0 Å². The van der Waals surface area contributed by atoms with Crippen LogP contribution in [0.3, 0.4) is 0 Å². The maximum Gasteiger partial charge on any atom is 0.216 e. The summed E-state index contributed by atoms with van der Waals surface area (Å²) in [7, 11) is 0. The molecule has 1 fully saturated rings. The number of carbonyl (C=O) groups is 1. The SMILES string of the molecule is CC(=O)NCC(C)N1CCCCC1. The molecule has 1 unspecified atom stereocenters. The number of likely N-dealkylation sites (tertiary alicyclic amines) is 1. The summed E-state index contributed by atoms with van der Waals surface area (Å²) in [6.07, 6.45) is 3.98. The highest BCUT2D eigenvalue weighted by Crippen LogP contribution is 2.11. The van der Waals surface area contributed by atoms with Crippen LogP contribution < -0.4 is 5.32 Å². The smallest absolute Gasteiger partial charge is 0.216 e. The zero-order valence-corrected chi connectivity index (χ0v) is 8.68. The first-order valence-electron chi connectivity index (χ1n) is 5.18. The minimum Gasteiger partial charge on any atom is -0.355 e. The molecular weight excluding hydrogens is 164 g/mol. The second-order valence-corrected chi connectivity index (χ2v) is 3.88. The number of piperidine rings is 1. The van der Waals surface area contributed by atoms with Crippen molar-refractivity contribution < 1.29 is 4.79 Å². The standard InChI is InChI=1S/C10H20N2O/c1-9(8-11-10(2)13)12-6-4-3-5-7-12/h9H,3-8H2,1-2H3,(H,11,13). The maximum absolute atomic E-state index is 10.7. The molecule has 1 aliphatic rings. The van der Waals surface area contributed by atoms with E-state index in [1.165, 1.54) is 32.4 Å². The Kier molecular flexibility index (Phi) is 4.22. The molecule has 0 spiro atoms. The zero-order chi connectivity index (χ0) is 9.68. The number of carbonyl (C=O) groups excluding carboxylic acids is 1. The molecule has 0 aromatic carbocycles. The van der Waals surface area contributed by atoms with Gasteiger partial charge in [0, 0.05) is 19.5 Å². The number of rotatable bonds is 3. The van der Waals surface area contributed by atoms with Gasteiger partial charge in [0.05, 0.1) is 0 Å². The van der Waals surface area contributed by atoms with E-state index in [0.29, 0.717) is 6.04 Å². The van der Waals surface area contributed by atoms with Crippen LogP contribution in [0.2, 0.25) is 0 Å². The Morgan fingerprint density at radius 3 is 2.54 bits per heavy atom. The molecule has 0 aliphatic carbocycles. The van der Waals surface area contributed by atoms with Gasteiger partial charge in [-0.15, -0.1) is 0 Å². The molecule has 0 bridgehead atoms. The van der Waals surface area contributed by atoms with Gasteiger partial charge in [-0.05, 0) is 32.9 Å². The predicted molar refractivity (Wildman–Crippen MR) is 53.6 cm³/mol. The van der Waals surface area contributed by atoms with Crippen molar-refractivity contribution in [3.8, 4) is 0 Å². The van der Waals surface area contributed by atoms with Gasteiger partial charge in [0.15, 0.2) is 0 Å². The van der Waals surface area contributed by atoms with Crippen LogP contribution in [-0.4, -0.2) is 36.5 Å². The van der Waals surface area contributed by atoms with Crippen molar-refractivity contribution in [2.24, 2.45) is 0 Å². The van der Waals surface area contributed by atoms with Crippen LogP contribution in [0.1, 0.15) is 33.1 Å². The molecule has 1 rings (SSSR count). The lowest BCUT2D eigenvalue weighted by molar-refractivity contribution is -0.119. The van der Waals surface area contributed by atoms with E-state index < -0.39 is 0 Å². The predicted octanol–water partition coefficient (Wildman–Crippen LogP) is 0.997. The van der Waals surface area contributed by atoms with Crippen molar-refractivity contribution in [2.45, 2.75) is 39.2 Å². The maximum atomic E-state index is 10.7. The highest BCUT2D eigenvalue weighted by atomic mass is 16.1. The molecule has 76 valence electrons. The average molecular weight is 184 g/mol. The summed E-state index contributed by atoms with van der Waals surface area (Å²) >= 11 is 0. The third kappa shape index (κ3) is 3.77. The van der Waals surface area contributed by atoms with Crippen LogP contribution >= 0.6 is 0 Å². The fourth-order valence-electron chi connectivity index (χ4n) is 1.78. The molecule has 13 heavy (non-hydrogen) atoms. The van der Waals surface area contributed by atoms with Gasteiger partial charge in [0.2, 0.25) is 5.91 Å². The first kappa shape index (κ1) is 10.5. The van der Waals surface area contributed by atoms with Gasteiger partial charge in [0.25, 0.3) is 0 Å². The van der Waals surface area contributed by atoms with Crippen LogP contribution in [-0.2, 0) is 4.79 Å². The molecule has 1 amide bonds. The molecule has 3 nitrogen and oxygen atoms in total. The normalized spacial score (nSPS) is 21.1. The molecule has 0 saturated carbocycles. The first-order valence-corrected chi connectivity index (χ1v) is 5.18. The molecule has 1 aliphatic heterocycles. The molecule has 1 N–H and O–H groups in total. The van der Waals surface area contributed by atoms with Gasteiger partial charge < -0.3 is 5.32 Å². The number of amides is 1. The molecule has 1 atom stereocenters. The van der Waals surface area contributed by atoms with Crippen LogP contribution in [0, 0.1) is 0 Å². The summed E-state index contributed by atoms with van der Waals surface area (Å²) in [5.41, 5.74) is 0. The second-order valence-electron chi connectivity index (χ2n) is 3.88. The van der Waals surface area contributed by atoms with Crippen LogP contribution in [0.25, 0.3) is 0 Å². The van der Waals surface area contributed by atoms with Crippen molar-refractivity contribution >= 4 is 5.91 Å². The van der Waals surface area contributed by atoms with Crippen LogP contribution in [0.4, 0.5) is 0 Å². The van der Waals surface area contributed by atoms with Crippen molar-refractivity contribution in [1.29, 1.82) is 0 Å². The van der Waals surface area contributed by atoms with E-state index >= 15 is 0 Å². The minimum absolute atomic E-state index is 0.0730. The van der Waals surface area contributed by atoms with Gasteiger partial charge in [-0.25, -0.2) is 0 Å². The summed E-state index contributed by atoms with van der Waals surface area (Å²) in [6.45, 7) is 6.93. The van der Waals surface area contributed by atoms with E-state index in [1.807, 2.05) is 0 Å². The fraction of sp³-hybridized carbons (Fsp3) is 0.900. The van der Waals surface area contributed by atoms with Gasteiger partial charge in [0.1, 0.15) is 0 Å². The Labute approximate surface area is 80.5 Å². The summed E-state index contributed by atoms with van der Waals surface area (Å²) in [6, 6.07) is 0.490. The average Bonchev–Trinajstić information content (AvgIpc) is 2.15. The third-order valence-corrected chi connectivity index (χ3v) is 2.66. The molecular formula is C10H20N2O. The highest BCUT2D eigenvalue weighted by Gasteiger charge is 2.16. The highest BCUT2D eigenvalue weighted by molar-refractivity contribution is 5.72. The zero-order valence-electron chi connectivity index (χ0n) is 8.68. The van der Waals surface area contributed by atoms with Crippen LogP contribution in [0.5, 0.6) is 0 Å². The largest absolute Gasteiger partial charge is 0.355 e. The number of nitrogens with zero attached hydrogens (tertiary/aromatic N) is 1. The Hall–Kier alpha value is -0.570. The number of nitrogens with one attached hydrogen (secondary N) is 1. The molecule has 0 aromatic heterocycles. The lowest BCUT2D eigenvalue weighted by Crippen LogP contribution is -2.44. The lowest BCUT2D eigenvalue weighted by atomic mass is 10.1. The Morgan fingerprint density at radius 2 is 2.00 bits per heavy atom. The first-order chi connectivity index (χ1) is 6.20. The van der Waals surface area contributed by atoms with E-state index in [9.17, 15) is 4.79 Å². The van der Waals surface area contributed by atoms with E-state index in [4.69, 9.17) is 0 Å². The van der Waals surface area contributed by atoms with Gasteiger partial charge in [-0.3, -0.25) is 9.69 Å². The van der Waals surface area contributed by atoms with Crippen molar-refractivity contribution in [3.05, 3.63) is 0 Å². The Balaban J connectivity index is 2.20. The lowest BCUT2D eigenvalue weighted by Gasteiger charge is -2.32. The summed E-state index contributed by atoms with van der Waals surface area (Å²) in [4.78, 5) is 13.2. The summed E-state index contributed by atoms with van der Waals surface area (Å²) in [5, 5.41) is 2.86. The molecule has 1 heterocycles. The number of hydrogen-bond donors (Lipinski definition) is 1. The summed E-state index contributed by atoms with van der Waals surface area (Å²) in [5.74, 6) is 0.0730. The minimum atomic E-state index is 0.0730. The Morgan fingerprint density at radius 1 is 1.38 bits per heavy atom. The molecule has 0 aromatic rings. The topological polar surface area (TPSA) is 32.3 Å². The van der Waals surface area contributed by atoms with Gasteiger partial charge in [-0.2, -0.15) is 0 Å². The Bertz CT molecular complexity index is 164. The van der Waals surface area contributed by atoms with E-state index in [1.54, 1.807) is 6.92 Å². The number of hydrogen-bond acceptors (Lipinski definition) is 2. The van der Waals surface area contributed by atoms with Gasteiger partial charge in [-0.1, -0.05) is 6.42 Å². The molecule has 1 saturated heterocycles. The van der Waals surface area contributed by atoms with Crippen molar-refractivity contribution in [1.82, 2.24) is 10.2 Å². The second kappa shape index (κ2) is 5.22. The molecule has 0 radical (unpaired) electrons. The van der Waals surface area contributed by atoms with E-state index in [2.05, 4.69) is 17.1 Å². The third-order valence-electron chi connectivity index (χ3n) is 2.66. The monoisotopic (exact) mass is 184 g/mol. The summed E-state index contributed by atoms with van der Waals surface area (Å²) < 4.78 is 0. The quantitative estimate of drug-likeness (QED) is 0.709. The van der Waals surface area contributed by atoms with E-state index in [0.717, 1.165) is 6.54 Å². The van der Waals surface area contributed by atoms with E-state index in [-0.39, 0.29) is 5.91 Å². The van der Waals surface area contributed by atoms with Gasteiger partial charge >= 0.3 is 0 Å². The van der Waals surface area contributed by atoms with Crippen LogP contribution in [0.15, 0.2) is 0 Å². The van der Waals surface area contributed by atoms with Crippen molar-refractivity contribution in [2.75, 3.05) is 19.6 Å². The molecule has 3 heteroatoms. The fourth-order valence-corrected chi connectivity index (χ4v) is 1.78.